The van der Waals surface area contributed by atoms with E-state index < -0.39 is 12.3 Å². The number of benzene rings is 1. The lowest BCUT2D eigenvalue weighted by atomic mass is 10.1. The van der Waals surface area contributed by atoms with Crippen LogP contribution in [0.1, 0.15) is 17.3 Å². The molecule has 0 unspecified atom stereocenters. The molecule has 0 radical (unpaired) electrons. The highest BCUT2D eigenvalue weighted by molar-refractivity contribution is 5.97. The van der Waals surface area contributed by atoms with Gasteiger partial charge in [0.2, 0.25) is 0 Å². The fraction of sp³-hybridized carbons (Fsp3) is 0.429. The molecule has 1 aromatic rings. The topological polar surface area (TPSA) is 65.1 Å². The quantitative estimate of drug-likeness (QED) is 0.447. The van der Waals surface area contributed by atoms with E-state index in [0.29, 0.717) is 5.56 Å². The summed E-state index contributed by atoms with van der Waals surface area (Å²) in [5.74, 6) is -0.510. The predicted octanol–water partition coefficient (Wildman–Crippen LogP) is 1.30. The first-order valence-electron chi connectivity index (χ1n) is 6.08. The Balaban J connectivity index is 2.88. The van der Waals surface area contributed by atoms with Crippen LogP contribution >= 0.6 is 0 Å². The molecule has 0 spiro atoms. The van der Waals surface area contributed by atoms with Gasteiger partial charge in [0.05, 0.1) is 12.1 Å². The summed E-state index contributed by atoms with van der Waals surface area (Å²) >= 11 is 0. The van der Waals surface area contributed by atoms with Gasteiger partial charge in [-0.2, -0.15) is 0 Å². The van der Waals surface area contributed by atoms with Crippen molar-refractivity contribution < 1.29 is 23.8 Å². The number of amides is 1. The van der Waals surface area contributed by atoms with Crippen LogP contribution in [0.3, 0.4) is 0 Å². The first-order chi connectivity index (χ1) is 9.49. The van der Waals surface area contributed by atoms with E-state index in [0.717, 1.165) is 0 Å². The third-order valence-electron chi connectivity index (χ3n) is 2.67. The van der Waals surface area contributed by atoms with E-state index in [-0.39, 0.29) is 18.2 Å². The molecule has 110 valence electrons. The lowest BCUT2D eigenvalue weighted by molar-refractivity contribution is -0.131. The summed E-state index contributed by atoms with van der Waals surface area (Å²) in [6.45, 7) is 1.55. The molecule has 0 bridgehead atoms. The molecule has 0 saturated carbocycles. The number of carbonyl (C=O) groups excluding carboxylic acids is 2. The van der Waals surface area contributed by atoms with Gasteiger partial charge in [-0.15, -0.1) is 0 Å². The van der Waals surface area contributed by atoms with Gasteiger partial charge in [-0.25, -0.2) is 0 Å². The van der Waals surface area contributed by atoms with E-state index in [2.05, 4.69) is 0 Å². The molecule has 6 heteroatoms. The van der Waals surface area contributed by atoms with E-state index in [1.165, 1.54) is 26.0 Å². The van der Waals surface area contributed by atoms with Gasteiger partial charge in [-0.05, 0) is 12.1 Å². The van der Waals surface area contributed by atoms with Crippen LogP contribution in [0.4, 0.5) is 0 Å². The lowest BCUT2D eigenvalue weighted by Crippen LogP contribution is -2.36. The number of para-hydroxylation sites is 1. The number of nitrogens with zero attached hydrogens (tertiary/aromatic N) is 1. The molecule has 0 atom stereocenters. The third kappa shape index (κ3) is 4.32. The zero-order chi connectivity index (χ0) is 15.1. The molecule has 0 aromatic heterocycles. The number of ether oxygens (including phenoxy) is 3. The van der Waals surface area contributed by atoms with Gasteiger partial charge < -0.3 is 19.1 Å². The van der Waals surface area contributed by atoms with Crippen molar-refractivity contribution in [3.63, 3.8) is 0 Å². The second kappa shape index (κ2) is 7.62. The molecule has 0 saturated heterocycles. The van der Waals surface area contributed by atoms with Gasteiger partial charge in [0, 0.05) is 28.2 Å². The molecule has 1 amide bonds. The second-order valence-corrected chi connectivity index (χ2v) is 4.18. The molecule has 0 heterocycles. The number of hydrogen-bond donors (Lipinski definition) is 0. The fourth-order valence-corrected chi connectivity index (χ4v) is 1.64. The number of esters is 1. The van der Waals surface area contributed by atoms with Gasteiger partial charge in [0.25, 0.3) is 5.91 Å². The Morgan fingerprint density at radius 1 is 1.20 bits per heavy atom. The molecule has 6 nitrogen and oxygen atoms in total. The van der Waals surface area contributed by atoms with Crippen LogP contribution in [0.15, 0.2) is 24.3 Å². The molecule has 1 aromatic carbocycles. The molecule has 0 aliphatic rings. The first kappa shape index (κ1) is 16.1. The number of likely N-dealkylation sites (N-methyl/N-ethyl adjacent to an activating group) is 1. The summed E-state index contributed by atoms with van der Waals surface area (Å²) in [6, 6.07) is 6.58. The standard InChI is InChI=1S/C14H19NO5/c1-10(16)20-12-8-6-5-7-11(12)14(17)15(2)9-13(18-3)19-4/h5-8,13H,9H2,1-4H3. The van der Waals surface area contributed by atoms with Crippen LogP contribution in [0.2, 0.25) is 0 Å². The summed E-state index contributed by atoms with van der Waals surface area (Å²) in [7, 11) is 4.62. The zero-order valence-electron chi connectivity index (χ0n) is 12.1. The average molecular weight is 281 g/mol. The molecule has 0 aliphatic carbocycles. The molecule has 0 N–H and O–H groups in total. The highest BCUT2D eigenvalue weighted by atomic mass is 16.7. The molecule has 20 heavy (non-hydrogen) atoms. The summed E-state index contributed by atoms with van der Waals surface area (Å²) in [4.78, 5) is 24.8. The monoisotopic (exact) mass is 281 g/mol. The number of carbonyl (C=O) groups is 2. The smallest absolute Gasteiger partial charge is 0.308 e. The molecule has 1 rings (SSSR count). The van der Waals surface area contributed by atoms with Crippen molar-refractivity contribution in [3.8, 4) is 5.75 Å². The van der Waals surface area contributed by atoms with Crippen molar-refractivity contribution in [3.05, 3.63) is 29.8 Å². The van der Waals surface area contributed by atoms with E-state index in [1.807, 2.05) is 0 Å². The number of hydrogen-bond acceptors (Lipinski definition) is 5. The molecule has 0 fully saturated rings. The Bertz CT molecular complexity index is 470. The lowest BCUT2D eigenvalue weighted by Gasteiger charge is -2.22. The predicted molar refractivity (Wildman–Crippen MR) is 72.5 cm³/mol. The van der Waals surface area contributed by atoms with Gasteiger partial charge in [-0.1, -0.05) is 12.1 Å². The Hall–Kier alpha value is -1.92. The van der Waals surface area contributed by atoms with Gasteiger partial charge >= 0.3 is 5.97 Å². The van der Waals surface area contributed by atoms with Crippen molar-refractivity contribution >= 4 is 11.9 Å². The largest absolute Gasteiger partial charge is 0.426 e. The summed E-state index contributed by atoms with van der Waals surface area (Å²) in [5, 5.41) is 0. The second-order valence-electron chi connectivity index (χ2n) is 4.18. The van der Waals surface area contributed by atoms with E-state index >= 15 is 0 Å². The third-order valence-corrected chi connectivity index (χ3v) is 2.67. The minimum Gasteiger partial charge on any atom is -0.426 e. The van der Waals surface area contributed by atoms with Crippen molar-refractivity contribution in [2.75, 3.05) is 27.8 Å². The van der Waals surface area contributed by atoms with Crippen LogP contribution < -0.4 is 4.74 Å². The Labute approximate surface area is 118 Å². The minimum absolute atomic E-state index is 0.239. The van der Waals surface area contributed by atoms with Gasteiger partial charge in [-0.3, -0.25) is 9.59 Å². The maximum Gasteiger partial charge on any atom is 0.308 e. The average Bonchev–Trinajstić information content (AvgIpc) is 2.43. The minimum atomic E-state index is -0.509. The molecular weight excluding hydrogens is 262 g/mol. The summed E-state index contributed by atoms with van der Waals surface area (Å²) in [5.41, 5.74) is 0.316. The summed E-state index contributed by atoms with van der Waals surface area (Å²) < 4.78 is 15.1. The Kier molecular flexibility index (Phi) is 6.14. The van der Waals surface area contributed by atoms with Crippen LogP contribution in [0.25, 0.3) is 0 Å². The highest BCUT2D eigenvalue weighted by Crippen LogP contribution is 2.20. The maximum absolute atomic E-state index is 12.3. The van der Waals surface area contributed by atoms with Crippen LogP contribution in [0, 0.1) is 0 Å². The first-order valence-corrected chi connectivity index (χ1v) is 6.08. The fourth-order valence-electron chi connectivity index (χ4n) is 1.64. The normalized spacial score (nSPS) is 10.4. The zero-order valence-corrected chi connectivity index (χ0v) is 12.1. The summed E-state index contributed by atoms with van der Waals surface area (Å²) in [6.07, 6.45) is -0.509. The van der Waals surface area contributed by atoms with E-state index in [9.17, 15) is 9.59 Å². The maximum atomic E-state index is 12.3. The highest BCUT2D eigenvalue weighted by Gasteiger charge is 2.20. The van der Waals surface area contributed by atoms with E-state index in [1.54, 1.807) is 31.3 Å². The van der Waals surface area contributed by atoms with Crippen LogP contribution in [-0.4, -0.2) is 50.9 Å². The Morgan fingerprint density at radius 3 is 2.35 bits per heavy atom. The van der Waals surface area contributed by atoms with Crippen LogP contribution in [-0.2, 0) is 14.3 Å². The van der Waals surface area contributed by atoms with E-state index in [4.69, 9.17) is 14.2 Å². The van der Waals surface area contributed by atoms with Crippen molar-refractivity contribution in [1.29, 1.82) is 0 Å². The van der Waals surface area contributed by atoms with Gasteiger partial charge in [0.1, 0.15) is 5.75 Å². The van der Waals surface area contributed by atoms with Crippen LogP contribution in [0.5, 0.6) is 5.75 Å². The van der Waals surface area contributed by atoms with Crippen molar-refractivity contribution in [2.45, 2.75) is 13.2 Å². The van der Waals surface area contributed by atoms with Crippen molar-refractivity contribution in [2.24, 2.45) is 0 Å². The van der Waals surface area contributed by atoms with Gasteiger partial charge in [0.15, 0.2) is 6.29 Å². The molecular formula is C14H19NO5. The number of rotatable bonds is 6. The SMILES string of the molecule is COC(CN(C)C(=O)c1ccccc1OC(C)=O)OC. The van der Waals surface area contributed by atoms with Crippen molar-refractivity contribution in [1.82, 2.24) is 4.90 Å². The Morgan fingerprint density at radius 2 is 1.80 bits per heavy atom. The molecule has 0 aliphatic heterocycles. The number of methoxy groups -OCH3 is 2.